The molecule has 1 heteroatoms. The molecule has 0 N–H and O–H groups in total. The molecule has 37 heavy (non-hydrogen) atoms. The highest BCUT2D eigenvalue weighted by Gasteiger charge is 2.09. The lowest BCUT2D eigenvalue weighted by atomic mass is 10.0. The monoisotopic (exact) mass is 515 g/mol. The number of nitrogens with zero attached hydrogens (tertiary/aromatic N) is 1. The minimum absolute atomic E-state index is 1.21. The molecule has 0 amide bonds. The average Bonchev–Trinajstić information content (AvgIpc) is 2.90. The third-order valence-electron chi connectivity index (χ3n) is 8.19. The van der Waals surface area contributed by atoms with Crippen molar-refractivity contribution in [1.29, 1.82) is 0 Å². The van der Waals surface area contributed by atoms with Crippen molar-refractivity contribution in [3.8, 4) is 0 Å². The molecule has 0 unspecified atom stereocenters. The molecule has 1 rings (SSSR count). The lowest BCUT2D eigenvalue weighted by molar-refractivity contribution is -0.698. The van der Waals surface area contributed by atoms with Gasteiger partial charge in [-0.2, -0.15) is 0 Å². The average molecular weight is 515 g/mol. The second kappa shape index (κ2) is 26.7. The van der Waals surface area contributed by atoms with Crippen LogP contribution in [0.5, 0.6) is 0 Å². The Morgan fingerprint density at radius 1 is 0.378 bits per heavy atom. The van der Waals surface area contributed by atoms with Crippen molar-refractivity contribution in [1.82, 2.24) is 0 Å². The topological polar surface area (TPSA) is 3.88 Å². The van der Waals surface area contributed by atoms with E-state index >= 15 is 0 Å². The van der Waals surface area contributed by atoms with Gasteiger partial charge in [0.15, 0.2) is 12.4 Å². The molecular weight excluding hydrogens is 446 g/mol. The lowest BCUT2D eigenvalue weighted by Crippen LogP contribution is -2.34. The molecule has 1 heterocycles. The van der Waals surface area contributed by atoms with Gasteiger partial charge in [-0.05, 0) is 38.2 Å². The largest absolute Gasteiger partial charge is 0.205 e. The Kier molecular flexibility index (Phi) is 24.7. The molecule has 0 aliphatic rings. The van der Waals surface area contributed by atoms with Crippen LogP contribution < -0.4 is 4.57 Å². The summed E-state index contributed by atoms with van der Waals surface area (Å²) >= 11 is 0. The summed E-state index contributed by atoms with van der Waals surface area (Å²) in [5.74, 6) is 0. The number of pyridine rings is 1. The summed E-state index contributed by atoms with van der Waals surface area (Å²) in [6.07, 6.45) is 42.9. The molecule has 1 nitrogen and oxygen atoms in total. The third kappa shape index (κ3) is 21.7. The second-order valence-corrected chi connectivity index (χ2v) is 12.1. The molecule has 0 saturated heterocycles. The quantitative estimate of drug-likeness (QED) is 0.0773. The van der Waals surface area contributed by atoms with Crippen molar-refractivity contribution in [2.45, 2.75) is 201 Å². The zero-order valence-electron chi connectivity index (χ0n) is 26.0. The van der Waals surface area contributed by atoms with Gasteiger partial charge in [-0.15, -0.1) is 0 Å². The minimum Gasteiger partial charge on any atom is -0.205 e. The summed E-state index contributed by atoms with van der Waals surface area (Å²) in [6, 6.07) is 2.55. The molecule has 1 aromatic heterocycles. The van der Waals surface area contributed by atoms with E-state index in [-0.39, 0.29) is 0 Å². The van der Waals surface area contributed by atoms with Crippen molar-refractivity contribution in [2.24, 2.45) is 0 Å². The molecule has 0 aliphatic heterocycles. The van der Waals surface area contributed by atoms with E-state index in [9.17, 15) is 0 Å². The Hall–Kier alpha value is -0.850. The van der Waals surface area contributed by atoms with Crippen LogP contribution in [0.3, 0.4) is 0 Å². The minimum atomic E-state index is 1.21. The van der Waals surface area contributed by atoms with Crippen LogP contribution in [0.4, 0.5) is 0 Å². The summed E-state index contributed by atoms with van der Waals surface area (Å²) < 4.78 is 2.55. The second-order valence-electron chi connectivity index (χ2n) is 12.1. The van der Waals surface area contributed by atoms with Crippen LogP contribution in [0.15, 0.2) is 18.5 Å². The molecule has 0 radical (unpaired) electrons. The van der Waals surface area contributed by atoms with Gasteiger partial charge in [-0.1, -0.05) is 156 Å². The highest BCUT2D eigenvalue weighted by atomic mass is 14.9. The van der Waals surface area contributed by atoms with Gasteiger partial charge < -0.3 is 0 Å². The summed E-state index contributed by atoms with van der Waals surface area (Å²) in [5, 5.41) is 0. The smallest absolute Gasteiger partial charge is 0.171 e. The van der Waals surface area contributed by atoms with Crippen molar-refractivity contribution in [2.75, 3.05) is 0 Å². The van der Waals surface area contributed by atoms with E-state index in [0.717, 1.165) is 0 Å². The third-order valence-corrected chi connectivity index (χ3v) is 8.19. The van der Waals surface area contributed by atoms with Crippen molar-refractivity contribution in [3.05, 3.63) is 29.6 Å². The zero-order valence-corrected chi connectivity index (χ0v) is 26.0. The van der Waals surface area contributed by atoms with Gasteiger partial charge >= 0.3 is 0 Å². The molecule has 0 aliphatic carbocycles. The summed E-state index contributed by atoms with van der Waals surface area (Å²) in [7, 11) is 0. The Morgan fingerprint density at radius 2 is 0.676 bits per heavy atom. The highest BCUT2D eigenvalue weighted by Crippen LogP contribution is 2.15. The summed E-state index contributed by atoms with van der Waals surface area (Å²) in [6.45, 7) is 8.14. The van der Waals surface area contributed by atoms with Crippen LogP contribution in [0.25, 0.3) is 0 Å². The fourth-order valence-corrected chi connectivity index (χ4v) is 5.71. The molecule has 0 spiro atoms. The van der Waals surface area contributed by atoms with Crippen molar-refractivity contribution < 1.29 is 4.57 Å². The van der Waals surface area contributed by atoms with Gasteiger partial charge in [-0.25, -0.2) is 4.57 Å². The van der Waals surface area contributed by atoms with Gasteiger partial charge in [-0.3, -0.25) is 0 Å². The van der Waals surface area contributed by atoms with E-state index in [1.54, 1.807) is 11.1 Å². The predicted molar refractivity (Wildman–Crippen MR) is 166 cm³/mol. The molecular formula is C36H68N+. The van der Waals surface area contributed by atoms with Gasteiger partial charge in [0.2, 0.25) is 0 Å². The fourth-order valence-electron chi connectivity index (χ4n) is 5.71. The highest BCUT2D eigenvalue weighted by molar-refractivity contribution is 5.15. The van der Waals surface area contributed by atoms with Gasteiger partial charge in [0.05, 0.1) is 0 Å². The first-order valence-electron chi connectivity index (χ1n) is 17.3. The van der Waals surface area contributed by atoms with Crippen LogP contribution in [-0.4, -0.2) is 0 Å². The normalized spacial score (nSPS) is 11.4. The number of unbranched alkanes of at least 4 members (excludes halogenated alkanes) is 22. The van der Waals surface area contributed by atoms with Crippen LogP contribution >= 0.6 is 0 Å². The van der Waals surface area contributed by atoms with Crippen LogP contribution in [0.1, 0.15) is 192 Å². The Morgan fingerprint density at radius 3 is 1.03 bits per heavy atom. The van der Waals surface area contributed by atoms with E-state index in [4.69, 9.17) is 0 Å². The maximum absolute atomic E-state index is 2.55. The van der Waals surface area contributed by atoms with E-state index in [2.05, 4.69) is 43.8 Å². The first-order chi connectivity index (χ1) is 18.3. The molecule has 0 fully saturated rings. The number of aryl methyl sites for hydroxylation is 3. The van der Waals surface area contributed by atoms with Crippen LogP contribution in [-0.2, 0) is 19.4 Å². The Bertz CT molecular complexity index is 552. The number of rotatable bonds is 28. The van der Waals surface area contributed by atoms with Gasteiger partial charge in [0.1, 0.15) is 6.54 Å². The van der Waals surface area contributed by atoms with E-state index < -0.39 is 0 Å². The molecule has 0 bridgehead atoms. The standard InChI is InChI=1S/C36H68N/c1-4-7-10-13-16-18-20-23-26-29-35-32-36(30-27-24-21-19-17-14-11-8-5-2)34-37(33-35)31-28-25-22-15-12-9-6-3/h32-34H,4-31H2,1-3H3/q+1. The Balaban J connectivity index is 2.39. The SMILES string of the molecule is CCCCCCCCCCCc1cc(CCCCCCCCCCC)c[n+](CCCCCCCCC)c1. The first-order valence-corrected chi connectivity index (χ1v) is 17.3. The van der Waals surface area contributed by atoms with E-state index in [1.807, 2.05) is 0 Å². The maximum atomic E-state index is 2.55. The number of hydrogen-bond donors (Lipinski definition) is 0. The van der Waals surface area contributed by atoms with Gasteiger partial charge in [0, 0.05) is 17.5 Å². The Labute approximate surface area is 234 Å². The molecule has 0 aromatic carbocycles. The molecule has 1 aromatic rings. The fraction of sp³-hybridized carbons (Fsp3) is 0.861. The van der Waals surface area contributed by atoms with Crippen molar-refractivity contribution >= 4 is 0 Å². The van der Waals surface area contributed by atoms with Gasteiger partial charge in [0.25, 0.3) is 0 Å². The number of hydrogen-bond acceptors (Lipinski definition) is 0. The van der Waals surface area contributed by atoms with E-state index in [0.29, 0.717) is 0 Å². The molecule has 216 valence electrons. The van der Waals surface area contributed by atoms with Crippen LogP contribution in [0, 0.1) is 0 Å². The molecule has 0 atom stereocenters. The van der Waals surface area contributed by atoms with Crippen LogP contribution in [0.2, 0.25) is 0 Å². The maximum Gasteiger partial charge on any atom is 0.171 e. The predicted octanol–water partition coefficient (Wildman–Crippen LogP) is 11.9. The van der Waals surface area contributed by atoms with E-state index in [1.165, 1.54) is 180 Å². The summed E-state index contributed by atoms with van der Waals surface area (Å²) in [4.78, 5) is 0. The lowest BCUT2D eigenvalue weighted by Gasteiger charge is -2.07. The summed E-state index contributed by atoms with van der Waals surface area (Å²) in [5.41, 5.74) is 3.19. The number of aromatic nitrogens is 1. The van der Waals surface area contributed by atoms with Crippen molar-refractivity contribution in [3.63, 3.8) is 0 Å². The molecule has 0 saturated carbocycles. The first kappa shape index (κ1) is 34.2. The zero-order chi connectivity index (χ0) is 26.7.